The molecule has 0 fully saturated rings. The Kier molecular flexibility index (Phi) is 3.81. The predicted molar refractivity (Wildman–Crippen MR) is 43.4 cm³/mol. The van der Waals surface area contributed by atoms with Gasteiger partial charge in [0.15, 0.2) is 5.82 Å². The van der Waals surface area contributed by atoms with Crippen molar-refractivity contribution in [1.29, 1.82) is 0 Å². The highest BCUT2D eigenvalue weighted by Gasteiger charge is 2.09. The van der Waals surface area contributed by atoms with Crippen LogP contribution in [0.1, 0.15) is 18.6 Å². The predicted octanol–water partition coefficient (Wildman–Crippen LogP) is 0.0373. The fourth-order valence-corrected chi connectivity index (χ4v) is 0.843. The lowest BCUT2D eigenvalue weighted by atomic mass is 10.3. The highest BCUT2D eigenvalue weighted by molar-refractivity contribution is 4.86. The Morgan fingerprint density at radius 3 is 3.00 bits per heavy atom. The SMILES string of the molecule is COC(C)Cc1noc(CON)n1. The van der Waals surface area contributed by atoms with E-state index in [1.54, 1.807) is 7.11 Å². The highest BCUT2D eigenvalue weighted by Crippen LogP contribution is 2.02. The summed E-state index contributed by atoms with van der Waals surface area (Å²) in [5.41, 5.74) is 0. The minimum Gasteiger partial charge on any atom is -0.381 e. The molecule has 0 aliphatic rings. The summed E-state index contributed by atoms with van der Waals surface area (Å²) in [6.45, 7) is 2.06. The van der Waals surface area contributed by atoms with Crippen LogP contribution in [0.5, 0.6) is 0 Å². The van der Waals surface area contributed by atoms with E-state index in [9.17, 15) is 0 Å². The first-order valence-corrected chi connectivity index (χ1v) is 3.92. The third-order valence-corrected chi connectivity index (χ3v) is 1.59. The average molecular weight is 187 g/mol. The Bertz CT molecular complexity index is 251. The van der Waals surface area contributed by atoms with E-state index < -0.39 is 0 Å². The molecule has 1 aromatic rings. The lowest BCUT2D eigenvalue weighted by Crippen LogP contribution is -2.09. The van der Waals surface area contributed by atoms with Crippen molar-refractivity contribution in [1.82, 2.24) is 10.1 Å². The van der Waals surface area contributed by atoms with Gasteiger partial charge in [-0.1, -0.05) is 5.16 Å². The van der Waals surface area contributed by atoms with Gasteiger partial charge in [-0.25, -0.2) is 5.90 Å². The molecule has 13 heavy (non-hydrogen) atoms. The Hall–Kier alpha value is -0.980. The van der Waals surface area contributed by atoms with Gasteiger partial charge in [0.2, 0.25) is 0 Å². The van der Waals surface area contributed by atoms with Gasteiger partial charge in [-0.3, -0.25) is 4.84 Å². The Labute approximate surface area is 76.0 Å². The second-order valence-electron chi connectivity index (χ2n) is 2.67. The summed E-state index contributed by atoms with van der Waals surface area (Å²) in [5, 5.41) is 3.72. The third kappa shape index (κ3) is 3.10. The monoisotopic (exact) mass is 187 g/mol. The van der Waals surface area contributed by atoms with Crippen LogP contribution in [0.25, 0.3) is 0 Å². The molecule has 0 saturated heterocycles. The molecule has 6 nitrogen and oxygen atoms in total. The van der Waals surface area contributed by atoms with Crippen LogP contribution in [-0.4, -0.2) is 23.4 Å². The van der Waals surface area contributed by atoms with E-state index in [1.165, 1.54) is 0 Å². The largest absolute Gasteiger partial charge is 0.381 e. The van der Waals surface area contributed by atoms with Crippen LogP contribution in [0.15, 0.2) is 4.52 Å². The van der Waals surface area contributed by atoms with E-state index in [2.05, 4.69) is 15.0 Å². The van der Waals surface area contributed by atoms with Crippen LogP contribution in [0.3, 0.4) is 0 Å². The minimum atomic E-state index is 0.0734. The number of rotatable bonds is 5. The standard InChI is InChI=1S/C7H13N3O3/c1-5(11-2)3-6-9-7(4-12-8)13-10-6/h5H,3-4,8H2,1-2H3. The molecule has 0 aromatic carbocycles. The summed E-state index contributed by atoms with van der Waals surface area (Å²) in [4.78, 5) is 8.37. The second-order valence-corrected chi connectivity index (χ2v) is 2.67. The van der Waals surface area contributed by atoms with Gasteiger partial charge in [-0.2, -0.15) is 4.98 Å². The van der Waals surface area contributed by atoms with Crippen LogP contribution < -0.4 is 5.90 Å². The van der Waals surface area contributed by atoms with E-state index in [0.29, 0.717) is 18.1 Å². The van der Waals surface area contributed by atoms with Crippen molar-refractivity contribution >= 4 is 0 Å². The van der Waals surface area contributed by atoms with Crippen molar-refractivity contribution < 1.29 is 14.1 Å². The fraction of sp³-hybridized carbons (Fsp3) is 0.714. The van der Waals surface area contributed by atoms with Crippen molar-refractivity contribution in [3.8, 4) is 0 Å². The Balaban J connectivity index is 2.48. The van der Waals surface area contributed by atoms with Gasteiger partial charge in [0.05, 0.1) is 6.10 Å². The molecule has 1 atom stereocenters. The molecule has 1 rings (SSSR count). The van der Waals surface area contributed by atoms with E-state index in [0.717, 1.165) is 0 Å². The number of methoxy groups -OCH3 is 1. The Morgan fingerprint density at radius 2 is 2.38 bits per heavy atom. The second kappa shape index (κ2) is 4.90. The lowest BCUT2D eigenvalue weighted by Gasteiger charge is -2.03. The van der Waals surface area contributed by atoms with E-state index in [1.807, 2.05) is 6.92 Å². The van der Waals surface area contributed by atoms with Crippen molar-refractivity contribution in [3.63, 3.8) is 0 Å². The summed E-state index contributed by atoms with van der Waals surface area (Å²) in [7, 11) is 1.63. The van der Waals surface area contributed by atoms with E-state index >= 15 is 0 Å². The molecule has 74 valence electrons. The zero-order valence-corrected chi connectivity index (χ0v) is 7.69. The molecule has 6 heteroatoms. The number of hydrogen-bond acceptors (Lipinski definition) is 6. The smallest absolute Gasteiger partial charge is 0.254 e. The molecule has 0 radical (unpaired) electrons. The van der Waals surface area contributed by atoms with Gasteiger partial charge in [0, 0.05) is 13.5 Å². The first-order valence-electron chi connectivity index (χ1n) is 3.92. The number of ether oxygens (including phenoxy) is 1. The van der Waals surface area contributed by atoms with Crippen molar-refractivity contribution in [2.45, 2.75) is 26.1 Å². The van der Waals surface area contributed by atoms with Crippen molar-refractivity contribution in [3.05, 3.63) is 11.7 Å². The molecule has 1 unspecified atom stereocenters. The molecule has 0 saturated carbocycles. The fourth-order valence-electron chi connectivity index (χ4n) is 0.843. The van der Waals surface area contributed by atoms with Crippen LogP contribution in [0, 0.1) is 0 Å². The van der Waals surface area contributed by atoms with Crippen LogP contribution >= 0.6 is 0 Å². The lowest BCUT2D eigenvalue weighted by molar-refractivity contribution is 0.0994. The molecule has 0 bridgehead atoms. The zero-order valence-electron chi connectivity index (χ0n) is 7.69. The maximum atomic E-state index is 5.05. The molecule has 1 aromatic heterocycles. The number of aromatic nitrogens is 2. The van der Waals surface area contributed by atoms with Crippen LogP contribution in [0.4, 0.5) is 0 Å². The number of hydrogen-bond donors (Lipinski definition) is 1. The number of nitrogens with two attached hydrogens (primary N) is 1. The van der Waals surface area contributed by atoms with Gasteiger partial charge >= 0.3 is 0 Å². The third-order valence-electron chi connectivity index (χ3n) is 1.59. The highest BCUT2D eigenvalue weighted by atomic mass is 16.6. The summed E-state index contributed by atoms with van der Waals surface area (Å²) in [6.07, 6.45) is 0.689. The summed E-state index contributed by atoms with van der Waals surface area (Å²) in [6, 6.07) is 0. The minimum absolute atomic E-state index is 0.0734. The van der Waals surface area contributed by atoms with Gasteiger partial charge in [0.25, 0.3) is 5.89 Å². The van der Waals surface area contributed by atoms with Gasteiger partial charge in [-0.05, 0) is 6.92 Å². The summed E-state index contributed by atoms with van der Waals surface area (Å²) >= 11 is 0. The first-order chi connectivity index (χ1) is 6.26. The van der Waals surface area contributed by atoms with Crippen molar-refractivity contribution in [2.75, 3.05) is 7.11 Å². The Morgan fingerprint density at radius 1 is 1.62 bits per heavy atom. The summed E-state index contributed by atoms with van der Waals surface area (Å²) < 4.78 is 9.87. The maximum Gasteiger partial charge on any atom is 0.254 e. The summed E-state index contributed by atoms with van der Waals surface area (Å²) in [5.74, 6) is 5.82. The van der Waals surface area contributed by atoms with Crippen LogP contribution in [-0.2, 0) is 22.6 Å². The molecule has 1 heterocycles. The van der Waals surface area contributed by atoms with Gasteiger partial charge < -0.3 is 9.26 Å². The van der Waals surface area contributed by atoms with Crippen LogP contribution in [0.2, 0.25) is 0 Å². The molecule has 0 aliphatic carbocycles. The molecule has 0 spiro atoms. The first kappa shape index (κ1) is 10.1. The average Bonchev–Trinajstić information content (AvgIpc) is 2.53. The maximum absolute atomic E-state index is 5.05. The van der Waals surface area contributed by atoms with Gasteiger partial charge in [0.1, 0.15) is 6.61 Å². The topological polar surface area (TPSA) is 83.4 Å². The molecule has 2 N–H and O–H groups in total. The number of nitrogens with zero attached hydrogens (tertiary/aromatic N) is 2. The van der Waals surface area contributed by atoms with E-state index in [-0.39, 0.29) is 12.7 Å². The normalized spacial score (nSPS) is 13.2. The molecule has 0 amide bonds. The zero-order chi connectivity index (χ0) is 9.68. The molecular weight excluding hydrogens is 174 g/mol. The quantitative estimate of drug-likeness (QED) is 0.655. The van der Waals surface area contributed by atoms with Crippen molar-refractivity contribution in [2.24, 2.45) is 5.90 Å². The van der Waals surface area contributed by atoms with Gasteiger partial charge in [-0.15, -0.1) is 0 Å². The van der Waals surface area contributed by atoms with E-state index in [4.69, 9.17) is 15.2 Å². The molecular formula is C7H13N3O3. The molecule has 0 aliphatic heterocycles.